The molecule has 142 valence electrons. The van der Waals surface area contributed by atoms with Gasteiger partial charge in [0.25, 0.3) is 0 Å². The SMILES string of the molecule is CNc1cccc(-c2cccc(SC)c2)c1C(=N)N1CCCC(C(=O)O)C1. The van der Waals surface area contributed by atoms with E-state index in [1.165, 1.54) is 4.90 Å². The van der Waals surface area contributed by atoms with Crippen LogP contribution in [0.25, 0.3) is 11.1 Å². The van der Waals surface area contributed by atoms with Crippen LogP contribution in [0, 0.1) is 11.3 Å². The van der Waals surface area contributed by atoms with E-state index >= 15 is 0 Å². The van der Waals surface area contributed by atoms with Gasteiger partial charge in [0.15, 0.2) is 0 Å². The second kappa shape index (κ2) is 8.48. The average molecular weight is 384 g/mol. The van der Waals surface area contributed by atoms with Gasteiger partial charge in [0.05, 0.1) is 5.92 Å². The molecular weight excluding hydrogens is 358 g/mol. The van der Waals surface area contributed by atoms with Crippen molar-refractivity contribution in [3.8, 4) is 11.1 Å². The van der Waals surface area contributed by atoms with Crippen molar-refractivity contribution in [2.45, 2.75) is 17.7 Å². The Balaban J connectivity index is 2.03. The molecule has 2 aromatic rings. The van der Waals surface area contributed by atoms with Crippen LogP contribution < -0.4 is 5.32 Å². The molecule has 1 aliphatic heterocycles. The first-order chi connectivity index (χ1) is 13.0. The van der Waals surface area contributed by atoms with Crippen LogP contribution in [0.15, 0.2) is 47.4 Å². The lowest BCUT2D eigenvalue weighted by Gasteiger charge is -2.34. The fourth-order valence-corrected chi connectivity index (χ4v) is 4.05. The summed E-state index contributed by atoms with van der Waals surface area (Å²) in [5.41, 5.74) is 3.75. The van der Waals surface area contributed by atoms with Crippen molar-refractivity contribution < 1.29 is 9.90 Å². The number of benzene rings is 2. The zero-order valence-corrected chi connectivity index (χ0v) is 16.5. The summed E-state index contributed by atoms with van der Waals surface area (Å²) >= 11 is 1.69. The molecule has 1 fully saturated rings. The molecule has 0 aliphatic carbocycles. The molecule has 0 bridgehead atoms. The molecule has 0 amide bonds. The maximum Gasteiger partial charge on any atom is 0.308 e. The Labute approximate surface area is 164 Å². The van der Waals surface area contributed by atoms with E-state index in [2.05, 4.69) is 23.5 Å². The summed E-state index contributed by atoms with van der Waals surface area (Å²) in [7, 11) is 1.85. The van der Waals surface area contributed by atoms with E-state index in [4.69, 9.17) is 5.41 Å². The second-order valence-electron chi connectivity index (χ2n) is 6.68. The first-order valence-electron chi connectivity index (χ1n) is 9.07. The number of nitrogens with zero attached hydrogens (tertiary/aromatic N) is 1. The number of hydrogen-bond donors (Lipinski definition) is 3. The maximum absolute atomic E-state index is 11.4. The summed E-state index contributed by atoms with van der Waals surface area (Å²) in [4.78, 5) is 14.5. The number of carbonyl (C=O) groups is 1. The third-order valence-corrected chi connectivity index (χ3v) is 5.76. The molecule has 0 aromatic heterocycles. The largest absolute Gasteiger partial charge is 0.481 e. The predicted molar refractivity (Wildman–Crippen MR) is 112 cm³/mol. The highest BCUT2D eigenvalue weighted by atomic mass is 32.2. The molecule has 1 saturated heterocycles. The Bertz CT molecular complexity index is 853. The number of thioether (sulfide) groups is 1. The van der Waals surface area contributed by atoms with Gasteiger partial charge >= 0.3 is 5.97 Å². The molecule has 6 heteroatoms. The highest BCUT2D eigenvalue weighted by Gasteiger charge is 2.29. The summed E-state index contributed by atoms with van der Waals surface area (Å²) in [5.74, 6) is -0.804. The van der Waals surface area contributed by atoms with Gasteiger partial charge in [0.1, 0.15) is 5.84 Å². The Morgan fingerprint density at radius 1 is 1.30 bits per heavy atom. The lowest BCUT2D eigenvalue weighted by molar-refractivity contribution is -0.143. The van der Waals surface area contributed by atoms with E-state index < -0.39 is 11.9 Å². The first kappa shape index (κ1) is 19.3. The van der Waals surface area contributed by atoms with Crippen LogP contribution in [0.1, 0.15) is 18.4 Å². The van der Waals surface area contributed by atoms with E-state index in [-0.39, 0.29) is 0 Å². The summed E-state index contributed by atoms with van der Waals surface area (Å²) < 4.78 is 0. The first-order valence-corrected chi connectivity index (χ1v) is 10.3. The van der Waals surface area contributed by atoms with E-state index in [1.54, 1.807) is 11.8 Å². The molecular formula is C21H25N3O2S. The minimum Gasteiger partial charge on any atom is -0.481 e. The minimum atomic E-state index is -0.776. The van der Waals surface area contributed by atoms with Gasteiger partial charge in [0.2, 0.25) is 0 Å². The van der Waals surface area contributed by atoms with Crippen LogP contribution in [0.2, 0.25) is 0 Å². The number of carboxylic acids is 1. The van der Waals surface area contributed by atoms with E-state index in [1.807, 2.05) is 42.5 Å². The monoisotopic (exact) mass is 383 g/mol. The quantitative estimate of drug-likeness (QED) is 0.409. The molecule has 27 heavy (non-hydrogen) atoms. The summed E-state index contributed by atoms with van der Waals surface area (Å²) in [6, 6.07) is 14.3. The molecule has 2 aromatic carbocycles. The molecule has 1 unspecified atom stereocenters. The van der Waals surface area contributed by atoms with Crippen molar-refractivity contribution in [3.63, 3.8) is 0 Å². The van der Waals surface area contributed by atoms with Gasteiger partial charge in [-0.1, -0.05) is 24.3 Å². The van der Waals surface area contributed by atoms with Crippen LogP contribution in [0.4, 0.5) is 5.69 Å². The fraction of sp³-hybridized carbons (Fsp3) is 0.333. The molecule has 3 rings (SSSR count). The van der Waals surface area contributed by atoms with Crippen LogP contribution in [0.5, 0.6) is 0 Å². The number of aliphatic carboxylic acids is 1. The lowest BCUT2D eigenvalue weighted by Crippen LogP contribution is -2.42. The molecule has 5 nitrogen and oxygen atoms in total. The summed E-state index contributed by atoms with van der Waals surface area (Å²) in [6.45, 7) is 1.10. The molecule has 0 spiro atoms. The Kier molecular flexibility index (Phi) is 6.06. The van der Waals surface area contributed by atoms with Gasteiger partial charge in [-0.25, -0.2) is 0 Å². The number of anilines is 1. The van der Waals surface area contributed by atoms with Crippen molar-refractivity contribution in [1.82, 2.24) is 4.90 Å². The second-order valence-corrected chi connectivity index (χ2v) is 7.56. The molecule has 0 radical (unpaired) electrons. The van der Waals surface area contributed by atoms with Gasteiger partial charge in [-0.3, -0.25) is 10.2 Å². The summed E-state index contributed by atoms with van der Waals surface area (Å²) in [6.07, 6.45) is 3.51. The highest BCUT2D eigenvalue weighted by molar-refractivity contribution is 7.98. The highest BCUT2D eigenvalue weighted by Crippen LogP contribution is 2.33. The van der Waals surface area contributed by atoms with Gasteiger partial charge in [0, 0.05) is 36.3 Å². The van der Waals surface area contributed by atoms with Crippen molar-refractivity contribution in [3.05, 3.63) is 48.0 Å². The zero-order chi connectivity index (χ0) is 19.4. The van der Waals surface area contributed by atoms with Crippen molar-refractivity contribution in [1.29, 1.82) is 5.41 Å². The topological polar surface area (TPSA) is 76.4 Å². The van der Waals surface area contributed by atoms with Crippen LogP contribution in [0.3, 0.4) is 0 Å². The van der Waals surface area contributed by atoms with E-state index in [0.717, 1.165) is 28.8 Å². The molecule has 1 aliphatic rings. The Morgan fingerprint density at radius 2 is 2.07 bits per heavy atom. The predicted octanol–water partition coefficient (Wildman–Crippen LogP) is 4.24. The number of likely N-dealkylation sites (tertiary alicyclic amines) is 1. The van der Waals surface area contributed by atoms with Crippen molar-refractivity contribution in [2.24, 2.45) is 5.92 Å². The maximum atomic E-state index is 11.4. The number of carboxylic acid groups (broad SMARTS) is 1. The van der Waals surface area contributed by atoms with Gasteiger partial charge in [-0.05, 0) is 48.4 Å². The molecule has 0 saturated carbocycles. The number of nitrogens with one attached hydrogen (secondary N) is 2. The van der Waals surface area contributed by atoms with E-state index in [9.17, 15) is 9.90 Å². The van der Waals surface area contributed by atoms with E-state index in [0.29, 0.717) is 25.3 Å². The van der Waals surface area contributed by atoms with Crippen molar-refractivity contribution >= 4 is 29.3 Å². The van der Waals surface area contributed by atoms with Crippen LogP contribution in [-0.4, -0.2) is 48.2 Å². The normalized spacial score (nSPS) is 16.8. The zero-order valence-electron chi connectivity index (χ0n) is 15.7. The standard InChI is InChI=1S/C21H25N3O2S/c1-23-18-10-4-9-17(14-6-3-8-16(12-14)27-2)19(18)20(22)24-11-5-7-15(13-24)21(25)26/h3-4,6,8-10,12,15,22-23H,5,7,11,13H2,1-2H3,(H,25,26). The van der Waals surface area contributed by atoms with Gasteiger partial charge in [-0.15, -0.1) is 11.8 Å². The smallest absolute Gasteiger partial charge is 0.308 e. The molecule has 1 atom stereocenters. The molecule has 3 N–H and O–H groups in total. The minimum absolute atomic E-state index is 0.385. The van der Waals surface area contributed by atoms with Gasteiger partial charge < -0.3 is 15.3 Å². The third kappa shape index (κ3) is 4.11. The number of rotatable bonds is 5. The Hall–Kier alpha value is -2.47. The van der Waals surface area contributed by atoms with Crippen LogP contribution >= 0.6 is 11.8 Å². The van der Waals surface area contributed by atoms with Crippen molar-refractivity contribution in [2.75, 3.05) is 31.7 Å². The number of hydrogen-bond acceptors (Lipinski definition) is 4. The number of amidine groups is 1. The average Bonchev–Trinajstić information content (AvgIpc) is 2.72. The van der Waals surface area contributed by atoms with Crippen LogP contribution in [-0.2, 0) is 4.79 Å². The number of piperidine rings is 1. The molecule has 1 heterocycles. The summed E-state index contributed by atoms with van der Waals surface area (Å²) in [5, 5.41) is 21.5. The fourth-order valence-electron chi connectivity index (χ4n) is 3.59. The lowest BCUT2D eigenvalue weighted by atomic mass is 9.94. The Morgan fingerprint density at radius 3 is 2.78 bits per heavy atom. The van der Waals surface area contributed by atoms with Gasteiger partial charge in [-0.2, -0.15) is 0 Å². The third-order valence-electron chi connectivity index (χ3n) is 5.04.